The molecule has 150 valence electrons. The van der Waals surface area contributed by atoms with E-state index in [9.17, 15) is 9.59 Å². The van der Waals surface area contributed by atoms with Crippen molar-refractivity contribution in [2.24, 2.45) is 0 Å². The monoisotopic (exact) mass is 406 g/mol. The first-order valence-electron chi connectivity index (χ1n) is 8.65. The molecule has 0 aromatic heterocycles. The highest BCUT2D eigenvalue weighted by atomic mass is 35.5. The second-order valence-electron chi connectivity index (χ2n) is 5.80. The fraction of sp³-hybridized carbons (Fsp3) is 0.300. The molecule has 2 aromatic carbocycles. The van der Waals surface area contributed by atoms with Gasteiger partial charge in [0.25, 0.3) is 11.8 Å². The summed E-state index contributed by atoms with van der Waals surface area (Å²) in [5.41, 5.74) is 0.304. The van der Waals surface area contributed by atoms with Gasteiger partial charge in [-0.1, -0.05) is 17.7 Å². The lowest BCUT2D eigenvalue weighted by Crippen LogP contribution is -2.40. The first-order valence-corrected chi connectivity index (χ1v) is 9.03. The van der Waals surface area contributed by atoms with Crippen molar-refractivity contribution in [2.75, 3.05) is 27.3 Å². The van der Waals surface area contributed by atoms with Crippen LogP contribution >= 0.6 is 11.6 Å². The highest BCUT2D eigenvalue weighted by Crippen LogP contribution is 2.27. The maximum atomic E-state index is 12.4. The van der Waals surface area contributed by atoms with Crippen LogP contribution in [0.25, 0.3) is 0 Å². The molecule has 0 bridgehead atoms. The van der Waals surface area contributed by atoms with Crippen LogP contribution in [-0.2, 0) is 4.79 Å². The number of amides is 2. The summed E-state index contributed by atoms with van der Waals surface area (Å²) in [6, 6.07) is 11.8. The minimum Gasteiger partial charge on any atom is -0.496 e. The van der Waals surface area contributed by atoms with Gasteiger partial charge >= 0.3 is 0 Å². The predicted molar refractivity (Wildman–Crippen MR) is 106 cm³/mol. The SMILES string of the molecule is COc1cccc(OC)c1C(=O)NCCNC(=O)C(C)Oc1ccc(Cl)cc1. The van der Waals surface area contributed by atoms with Crippen LogP contribution in [0.3, 0.4) is 0 Å². The zero-order valence-corrected chi connectivity index (χ0v) is 16.7. The third kappa shape index (κ3) is 5.79. The zero-order chi connectivity index (χ0) is 20.5. The van der Waals surface area contributed by atoms with E-state index >= 15 is 0 Å². The Bertz CT molecular complexity index is 788. The summed E-state index contributed by atoms with van der Waals surface area (Å²) >= 11 is 5.82. The van der Waals surface area contributed by atoms with Crippen molar-refractivity contribution in [2.45, 2.75) is 13.0 Å². The summed E-state index contributed by atoms with van der Waals surface area (Å²) in [4.78, 5) is 24.5. The molecule has 0 aliphatic rings. The van der Waals surface area contributed by atoms with Gasteiger partial charge in [-0.05, 0) is 43.3 Å². The molecule has 0 radical (unpaired) electrons. The van der Waals surface area contributed by atoms with Crippen molar-refractivity contribution in [1.82, 2.24) is 10.6 Å². The quantitative estimate of drug-likeness (QED) is 0.625. The Morgan fingerprint density at radius 3 is 2.11 bits per heavy atom. The lowest BCUT2D eigenvalue weighted by molar-refractivity contribution is -0.127. The number of rotatable bonds is 9. The van der Waals surface area contributed by atoms with Crippen molar-refractivity contribution < 1.29 is 23.8 Å². The highest BCUT2D eigenvalue weighted by Gasteiger charge is 2.18. The first kappa shape index (κ1) is 21.4. The van der Waals surface area contributed by atoms with Crippen molar-refractivity contribution in [3.05, 3.63) is 53.1 Å². The second-order valence-corrected chi connectivity index (χ2v) is 6.23. The normalized spacial score (nSPS) is 11.3. The first-order chi connectivity index (χ1) is 13.5. The number of carbonyl (C=O) groups excluding carboxylic acids is 2. The molecule has 8 heteroatoms. The van der Waals surface area contributed by atoms with Crippen LogP contribution in [0.5, 0.6) is 17.2 Å². The lowest BCUT2D eigenvalue weighted by Gasteiger charge is -2.15. The molecule has 0 fully saturated rings. The van der Waals surface area contributed by atoms with E-state index in [1.165, 1.54) is 14.2 Å². The highest BCUT2D eigenvalue weighted by molar-refractivity contribution is 6.30. The molecule has 0 saturated carbocycles. The average Bonchev–Trinajstić information content (AvgIpc) is 2.71. The molecule has 2 rings (SSSR count). The van der Waals surface area contributed by atoms with Crippen LogP contribution in [0.4, 0.5) is 0 Å². The summed E-state index contributed by atoms with van der Waals surface area (Å²) in [6.07, 6.45) is -0.689. The largest absolute Gasteiger partial charge is 0.496 e. The van der Waals surface area contributed by atoms with E-state index in [0.29, 0.717) is 27.8 Å². The molecule has 1 atom stereocenters. The lowest BCUT2D eigenvalue weighted by atomic mass is 10.1. The van der Waals surface area contributed by atoms with Crippen molar-refractivity contribution in [3.63, 3.8) is 0 Å². The smallest absolute Gasteiger partial charge is 0.260 e. The van der Waals surface area contributed by atoms with Gasteiger partial charge < -0.3 is 24.8 Å². The van der Waals surface area contributed by atoms with Gasteiger partial charge in [0.15, 0.2) is 6.10 Å². The standard InChI is InChI=1S/C20H23ClN2O5/c1-13(28-15-9-7-14(21)8-10-15)19(24)22-11-12-23-20(25)18-16(26-2)5-4-6-17(18)27-3/h4-10,13H,11-12H2,1-3H3,(H,22,24)(H,23,25). The Kier molecular flexibility index (Phi) is 7.95. The van der Waals surface area contributed by atoms with Gasteiger partial charge in [0.2, 0.25) is 0 Å². The van der Waals surface area contributed by atoms with Crippen LogP contribution in [0.15, 0.2) is 42.5 Å². The number of carbonyl (C=O) groups is 2. The van der Waals surface area contributed by atoms with Gasteiger partial charge in [-0.3, -0.25) is 9.59 Å². The number of ether oxygens (including phenoxy) is 3. The third-order valence-corrected chi connectivity index (χ3v) is 4.11. The molecule has 2 amide bonds. The van der Waals surface area contributed by atoms with E-state index in [2.05, 4.69) is 10.6 Å². The van der Waals surface area contributed by atoms with E-state index < -0.39 is 6.10 Å². The maximum Gasteiger partial charge on any atom is 0.260 e. The molecule has 1 unspecified atom stereocenters. The Morgan fingerprint density at radius 1 is 0.964 bits per heavy atom. The number of methoxy groups -OCH3 is 2. The number of hydrogen-bond donors (Lipinski definition) is 2. The summed E-state index contributed by atoms with van der Waals surface area (Å²) < 4.78 is 16.0. The molecule has 28 heavy (non-hydrogen) atoms. The fourth-order valence-electron chi connectivity index (χ4n) is 2.44. The van der Waals surface area contributed by atoms with Crippen LogP contribution in [0, 0.1) is 0 Å². The molecule has 0 aliphatic carbocycles. The van der Waals surface area contributed by atoms with Gasteiger partial charge in [0.05, 0.1) is 14.2 Å². The van der Waals surface area contributed by atoms with E-state index in [-0.39, 0.29) is 24.9 Å². The van der Waals surface area contributed by atoms with Crippen LogP contribution in [-0.4, -0.2) is 45.2 Å². The summed E-state index contributed by atoms with van der Waals surface area (Å²) in [6.45, 7) is 2.12. The number of nitrogens with one attached hydrogen (secondary N) is 2. The Labute approximate surface area is 168 Å². The average molecular weight is 407 g/mol. The molecular weight excluding hydrogens is 384 g/mol. The second kappa shape index (κ2) is 10.4. The van der Waals surface area contributed by atoms with E-state index in [4.69, 9.17) is 25.8 Å². The molecule has 2 N–H and O–H groups in total. The molecule has 0 saturated heterocycles. The number of hydrogen-bond acceptors (Lipinski definition) is 5. The van der Waals surface area contributed by atoms with E-state index in [1.54, 1.807) is 49.4 Å². The topological polar surface area (TPSA) is 85.9 Å². The maximum absolute atomic E-state index is 12.4. The molecule has 0 spiro atoms. The number of halogens is 1. The van der Waals surface area contributed by atoms with Crippen LogP contribution in [0.2, 0.25) is 5.02 Å². The van der Waals surface area contributed by atoms with Gasteiger partial charge in [0.1, 0.15) is 22.8 Å². The van der Waals surface area contributed by atoms with Crippen molar-refractivity contribution in [3.8, 4) is 17.2 Å². The Morgan fingerprint density at radius 2 is 1.54 bits per heavy atom. The predicted octanol–water partition coefficient (Wildman–Crippen LogP) is 2.67. The van der Waals surface area contributed by atoms with E-state index in [0.717, 1.165) is 0 Å². The fourth-order valence-corrected chi connectivity index (χ4v) is 2.57. The Hall–Kier alpha value is -2.93. The third-order valence-electron chi connectivity index (χ3n) is 3.86. The molecule has 2 aromatic rings. The van der Waals surface area contributed by atoms with Crippen LogP contribution < -0.4 is 24.8 Å². The van der Waals surface area contributed by atoms with Gasteiger partial charge in [-0.25, -0.2) is 0 Å². The van der Waals surface area contributed by atoms with Gasteiger partial charge in [0, 0.05) is 18.1 Å². The molecule has 7 nitrogen and oxygen atoms in total. The van der Waals surface area contributed by atoms with E-state index in [1.807, 2.05) is 0 Å². The summed E-state index contributed by atoms with van der Waals surface area (Å²) in [5.74, 6) is 0.716. The minimum atomic E-state index is -0.689. The molecule has 0 heterocycles. The van der Waals surface area contributed by atoms with Crippen molar-refractivity contribution >= 4 is 23.4 Å². The Balaban J connectivity index is 1.81. The van der Waals surface area contributed by atoms with Crippen LogP contribution in [0.1, 0.15) is 17.3 Å². The van der Waals surface area contributed by atoms with Crippen molar-refractivity contribution in [1.29, 1.82) is 0 Å². The summed E-state index contributed by atoms with van der Waals surface area (Å²) in [7, 11) is 2.96. The van der Waals surface area contributed by atoms with Gasteiger partial charge in [-0.2, -0.15) is 0 Å². The zero-order valence-electron chi connectivity index (χ0n) is 16.0. The molecular formula is C20H23ClN2O5. The number of benzene rings is 2. The minimum absolute atomic E-state index is 0.236. The van der Waals surface area contributed by atoms with Gasteiger partial charge in [-0.15, -0.1) is 0 Å². The summed E-state index contributed by atoms with van der Waals surface area (Å²) in [5, 5.41) is 6.03. The molecule has 0 aliphatic heterocycles.